The van der Waals surface area contributed by atoms with Gasteiger partial charge in [0.2, 0.25) is 0 Å². The van der Waals surface area contributed by atoms with E-state index in [9.17, 15) is 4.79 Å². The molecule has 1 rings (SSSR count). The normalized spacial score (nSPS) is 25.7. The predicted molar refractivity (Wildman–Crippen MR) is 52.5 cm³/mol. The fraction of sp³-hybridized carbons (Fsp3) is 0.909. The van der Waals surface area contributed by atoms with Crippen molar-refractivity contribution in [1.82, 2.24) is 0 Å². The van der Waals surface area contributed by atoms with Gasteiger partial charge in [-0.15, -0.1) is 0 Å². The minimum Gasteiger partial charge on any atom is -0.481 e. The summed E-state index contributed by atoms with van der Waals surface area (Å²) in [7, 11) is 0. The van der Waals surface area contributed by atoms with Crippen LogP contribution in [0, 0.1) is 22.2 Å². The van der Waals surface area contributed by atoms with Gasteiger partial charge in [-0.1, -0.05) is 27.7 Å². The zero-order valence-corrected chi connectivity index (χ0v) is 9.43. The van der Waals surface area contributed by atoms with Crippen LogP contribution in [0.3, 0.4) is 0 Å². The number of hydrogen-bond acceptors (Lipinski definition) is 1. The predicted octanol–water partition coefficient (Wildman–Crippen LogP) is 2.78. The third kappa shape index (κ3) is 1.11. The van der Waals surface area contributed by atoms with E-state index in [4.69, 9.17) is 5.11 Å². The molecule has 0 spiro atoms. The second kappa shape index (κ2) is 2.28. The fourth-order valence-corrected chi connectivity index (χ4v) is 3.12. The van der Waals surface area contributed by atoms with Crippen molar-refractivity contribution in [3.8, 4) is 0 Å². The zero-order valence-electron chi connectivity index (χ0n) is 9.43. The van der Waals surface area contributed by atoms with Crippen LogP contribution in [-0.4, -0.2) is 11.1 Å². The van der Waals surface area contributed by atoms with E-state index >= 15 is 0 Å². The van der Waals surface area contributed by atoms with Crippen molar-refractivity contribution >= 4 is 5.97 Å². The molecule has 1 fully saturated rings. The highest BCUT2D eigenvalue weighted by Crippen LogP contribution is 2.74. The summed E-state index contributed by atoms with van der Waals surface area (Å²) in [6, 6.07) is 0. The number of carboxylic acids is 1. The monoisotopic (exact) mass is 184 g/mol. The van der Waals surface area contributed by atoms with Gasteiger partial charge in [-0.25, -0.2) is 0 Å². The topological polar surface area (TPSA) is 37.3 Å². The summed E-state index contributed by atoms with van der Waals surface area (Å²) in [6.07, 6.45) is 0. The first-order valence-electron chi connectivity index (χ1n) is 4.79. The first kappa shape index (κ1) is 10.6. The van der Waals surface area contributed by atoms with Crippen LogP contribution in [0.2, 0.25) is 0 Å². The number of carboxylic acid groups (broad SMARTS) is 1. The van der Waals surface area contributed by atoms with E-state index in [1.54, 1.807) is 0 Å². The molecule has 2 nitrogen and oxygen atoms in total. The molecule has 1 saturated carbocycles. The highest BCUT2D eigenvalue weighted by molar-refractivity contribution is 5.75. The van der Waals surface area contributed by atoms with Crippen LogP contribution in [0.4, 0.5) is 0 Å². The van der Waals surface area contributed by atoms with Crippen LogP contribution in [-0.2, 0) is 4.79 Å². The van der Waals surface area contributed by atoms with Crippen molar-refractivity contribution in [3.05, 3.63) is 0 Å². The number of aliphatic carboxylic acids is 1. The summed E-state index contributed by atoms with van der Waals surface area (Å²) in [5.41, 5.74) is -0.309. The summed E-state index contributed by atoms with van der Waals surface area (Å²) in [4.78, 5) is 11.1. The van der Waals surface area contributed by atoms with E-state index in [-0.39, 0.29) is 16.7 Å². The molecule has 1 aliphatic rings. The van der Waals surface area contributed by atoms with E-state index in [0.717, 1.165) is 0 Å². The Morgan fingerprint density at radius 3 is 1.54 bits per heavy atom. The molecule has 0 radical (unpaired) electrons. The first-order chi connectivity index (χ1) is 5.56. The Balaban J connectivity index is 2.96. The molecule has 0 saturated heterocycles. The number of hydrogen-bond donors (Lipinski definition) is 1. The molecule has 1 N–H and O–H groups in total. The van der Waals surface area contributed by atoms with E-state index in [0.29, 0.717) is 0 Å². The quantitative estimate of drug-likeness (QED) is 0.716. The molecule has 2 heteroatoms. The van der Waals surface area contributed by atoms with E-state index in [1.165, 1.54) is 0 Å². The minimum absolute atomic E-state index is 0.148. The molecular formula is C11H20O2. The van der Waals surface area contributed by atoms with Crippen molar-refractivity contribution in [2.45, 2.75) is 41.5 Å². The lowest BCUT2D eigenvalue weighted by atomic mass is 9.82. The highest BCUT2D eigenvalue weighted by Gasteiger charge is 2.71. The number of carbonyl (C=O) groups is 1. The van der Waals surface area contributed by atoms with Gasteiger partial charge in [0.1, 0.15) is 0 Å². The Morgan fingerprint density at radius 2 is 1.46 bits per heavy atom. The van der Waals surface area contributed by atoms with Gasteiger partial charge in [-0.05, 0) is 30.6 Å². The molecule has 0 amide bonds. The Hall–Kier alpha value is -0.530. The van der Waals surface area contributed by atoms with Gasteiger partial charge in [0.05, 0.1) is 5.41 Å². The average molecular weight is 184 g/mol. The Kier molecular flexibility index (Phi) is 1.85. The van der Waals surface area contributed by atoms with Crippen molar-refractivity contribution in [2.24, 2.45) is 22.2 Å². The average Bonchev–Trinajstić information content (AvgIpc) is 2.23. The Bertz CT molecular complexity index is 235. The maximum Gasteiger partial charge on any atom is 0.309 e. The molecule has 0 atom stereocenters. The van der Waals surface area contributed by atoms with Gasteiger partial charge < -0.3 is 5.11 Å². The highest BCUT2D eigenvalue weighted by atomic mass is 16.4. The molecule has 0 aromatic carbocycles. The lowest BCUT2D eigenvalue weighted by Crippen LogP contribution is -2.29. The molecule has 1 aliphatic carbocycles. The zero-order chi connectivity index (χ0) is 10.7. The minimum atomic E-state index is -0.684. The standard InChI is InChI=1S/C11H20O2/c1-9(2,8(12)13)7-10(3,4)11(7,5)6/h7H,1-6H3,(H,12,13). The molecular weight excluding hydrogens is 164 g/mol. The summed E-state index contributed by atoms with van der Waals surface area (Å²) in [6.45, 7) is 12.3. The van der Waals surface area contributed by atoms with Crippen LogP contribution in [0.15, 0.2) is 0 Å². The van der Waals surface area contributed by atoms with E-state index in [2.05, 4.69) is 27.7 Å². The van der Waals surface area contributed by atoms with Gasteiger partial charge in [0.15, 0.2) is 0 Å². The fourth-order valence-electron chi connectivity index (χ4n) is 3.12. The molecule has 76 valence electrons. The lowest BCUT2D eigenvalue weighted by Gasteiger charge is -2.21. The second-order valence-corrected chi connectivity index (χ2v) is 5.90. The molecule has 0 bridgehead atoms. The Labute approximate surface area is 80.3 Å². The molecule has 0 unspecified atom stereocenters. The van der Waals surface area contributed by atoms with Crippen molar-refractivity contribution in [2.75, 3.05) is 0 Å². The molecule has 0 heterocycles. The molecule has 13 heavy (non-hydrogen) atoms. The van der Waals surface area contributed by atoms with Crippen LogP contribution >= 0.6 is 0 Å². The summed E-state index contributed by atoms with van der Waals surface area (Å²) >= 11 is 0. The largest absolute Gasteiger partial charge is 0.481 e. The maximum atomic E-state index is 11.1. The van der Waals surface area contributed by atoms with Gasteiger partial charge in [0.25, 0.3) is 0 Å². The van der Waals surface area contributed by atoms with Crippen molar-refractivity contribution < 1.29 is 9.90 Å². The van der Waals surface area contributed by atoms with Gasteiger partial charge in [-0.3, -0.25) is 4.79 Å². The van der Waals surface area contributed by atoms with E-state index < -0.39 is 11.4 Å². The van der Waals surface area contributed by atoms with Crippen molar-refractivity contribution in [1.29, 1.82) is 0 Å². The van der Waals surface area contributed by atoms with Crippen LogP contribution < -0.4 is 0 Å². The lowest BCUT2D eigenvalue weighted by molar-refractivity contribution is -0.149. The van der Waals surface area contributed by atoms with Crippen LogP contribution in [0.25, 0.3) is 0 Å². The Morgan fingerprint density at radius 1 is 1.15 bits per heavy atom. The SMILES string of the molecule is CC(C)(C(=O)O)C1C(C)(C)C1(C)C. The van der Waals surface area contributed by atoms with Crippen LogP contribution in [0.1, 0.15) is 41.5 Å². The molecule has 0 aromatic rings. The van der Waals surface area contributed by atoms with Crippen molar-refractivity contribution in [3.63, 3.8) is 0 Å². The third-order valence-electron chi connectivity index (χ3n) is 4.29. The van der Waals surface area contributed by atoms with E-state index in [1.807, 2.05) is 13.8 Å². The molecule has 0 aliphatic heterocycles. The summed E-state index contributed by atoms with van der Waals surface area (Å²) in [5, 5.41) is 9.12. The maximum absolute atomic E-state index is 11.1. The second-order valence-electron chi connectivity index (χ2n) is 5.90. The van der Waals surface area contributed by atoms with Gasteiger partial charge in [0, 0.05) is 0 Å². The number of rotatable bonds is 2. The van der Waals surface area contributed by atoms with Crippen LogP contribution in [0.5, 0.6) is 0 Å². The third-order valence-corrected chi connectivity index (χ3v) is 4.29. The first-order valence-corrected chi connectivity index (χ1v) is 4.79. The smallest absolute Gasteiger partial charge is 0.309 e. The summed E-state index contributed by atoms with van der Waals surface area (Å²) in [5.74, 6) is -0.416. The van der Waals surface area contributed by atoms with Gasteiger partial charge >= 0.3 is 5.97 Å². The molecule has 0 aromatic heterocycles. The summed E-state index contributed by atoms with van der Waals surface area (Å²) < 4.78 is 0. The van der Waals surface area contributed by atoms with Gasteiger partial charge in [-0.2, -0.15) is 0 Å².